The molecule has 0 radical (unpaired) electrons. The highest BCUT2D eigenvalue weighted by Gasteiger charge is 2.40. The summed E-state index contributed by atoms with van der Waals surface area (Å²) < 4.78 is 0. The average Bonchev–Trinajstić information content (AvgIpc) is 2.27. The second kappa shape index (κ2) is 4.67. The summed E-state index contributed by atoms with van der Waals surface area (Å²) in [5.41, 5.74) is 0. The fourth-order valence-electron chi connectivity index (χ4n) is 4.14. The van der Waals surface area contributed by atoms with Gasteiger partial charge in [-0.1, -0.05) is 32.6 Å². The Labute approximate surface area is 93.6 Å². The molecule has 2 saturated carbocycles. The van der Waals surface area contributed by atoms with E-state index in [1.54, 1.807) is 0 Å². The van der Waals surface area contributed by atoms with Crippen molar-refractivity contribution in [3.05, 3.63) is 0 Å². The molecule has 2 aliphatic rings. The van der Waals surface area contributed by atoms with Gasteiger partial charge in [0.15, 0.2) is 0 Å². The third-order valence-corrected chi connectivity index (χ3v) is 4.88. The fourth-order valence-corrected chi connectivity index (χ4v) is 4.14. The number of hydrogen-bond acceptors (Lipinski definition) is 1. The first-order valence-electron chi connectivity index (χ1n) is 6.74. The quantitative estimate of drug-likeness (QED) is 0.674. The van der Waals surface area contributed by atoms with Gasteiger partial charge in [-0.3, -0.25) is 4.79 Å². The Morgan fingerprint density at radius 3 is 2.40 bits per heavy atom. The average molecular weight is 208 g/mol. The summed E-state index contributed by atoms with van der Waals surface area (Å²) in [6, 6.07) is 0. The van der Waals surface area contributed by atoms with Gasteiger partial charge in [0, 0.05) is 5.92 Å². The number of ketones is 1. The topological polar surface area (TPSA) is 17.1 Å². The third kappa shape index (κ3) is 2.11. The molecule has 4 atom stereocenters. The van der Waals surface area contributed by atoms with Crippen LogP contribution in [0.15, 0.2) is 0 Å². The zero-order valence-corrected chi connectivity index (χ0v) is 10.2. The molecule has 86 valence electrons. The molecule has 2 rings (SSSR count). The minimum absolute atomic E-state index is 0.415. The maximum absolute atomic E-state index is 11.6. The smallest absolute Gasteiger partial charge is 0.133 e. The lowest BCUT2D eigenvalue weighted by molar-refractivity contribution is -0.126. The Morgan fingerprint density at radius 2 is 1.73 bits per heavy atom. The summed E-state index contributed by atoms with van der Waals surface area (Å²) in [6.45, 7) is 4.13. The van der Waals surface area contributed by atoms with E-state index in [4.69, 9.17) is 0 Å². The molecule has 2 aliphatic carbocycles. The van der Waals surface area contributed by atoms with Crippen molar-refractivity contribution in [3.8, 4) is 0 Å². The number of rotatable bonds is 2. The predicted octanol–water partition coefficient (Wildman–Crippen LogP) is 3.82. The number of fused-ring (bicyclic) bond motifs is 1. The summed E-state index contributed by atoms with van der Waals surface area (Å²) in [5.74, 6) is 3.42. The van der Waals surface area contributed by atoms with Gasteiger partial charge < -0.3 is 0 Å². The standard InChI is InChI=1S/C14H24O/c1-3-11-6-4-9-14-12(10(2)15)7-5-8-13(11)14/h11-14H,3-9H2,1-2H3/t11-,12+,13?,14?/m1/s1. The normalized spacial score (nSPS) is 40.9. The molecule has 1 heteroatoms. The summed E-state index contributed by atoms with van der Waals surface area (Å²) in [7, 11) is 0. The number of hydrogen-bond donors (Lipinski definition) is 0. The third-order valence-electron chi connectivity index (χ3n) is 4.88. The molecule has 0 amide bonds. The van der Waals surface area contributed by atoms with Gasteiger partial charge in [0.2, 0.25) is 0 Å². The van der Waals surface area contributed by atoms with Crippen molar-refractivity contribution in [2.45, 2.75) is 58.8 Å². The highest BCUT2D eigenvalue weighted by Crippen LogP contribution is 2.47. The molecule has 1 nitrogen and oxygen atoms in total. The van der Waals surface area contributed by atoms with Crippen molar-refractivity contribution in [2.75, 3.05) is 0 Å². The van der Waals surface area contributed by atoms with Gasteiger partial charge in [0.25, 0.3) is 0 Å². The lowest BCUT2D eigenvalue weighted by Gasteiger charge is -2.44. The Hall–Kier alpha value is -0.330. The van der Waals surface area contributed by atoms with Gasteiger partial charge in [-0.25, -0.2) is 0 Å². The zero-order chi connectivity index (χ0) is 10.8. The molecule has 15 heavy (non-hydrogen) atoms. The van der Waals surface area contributed by atoms with Crippen LogP contribution in [0.2, 0.25) is 0 Å². The van der Waals surface area contributed by atoms with Crippen molar-refractivity contribution in [1.29, 1.82) is 0 Å². The molecule has 0 aromatic heterocycles. The second-order valence-corrected chi connectivity index (χ2v) is 5.57. The Morgan fingerprint density at radius 1 is 1.07 bits per heavy atom. The molecule has 0 N–H and O–H groups in total. The van der Waals surface area contributed by atoms with Crippen molar-refractivity contribution in [1.82, 2.24) is 0 Å². The molecule has 2 fully saturated rings. The van der Waals surface area contributed by atoms with E-state index in [1.807, 2.05) is 6.92 Å². The summed E-state index contributed by atoms with van der Waals surface area (Å²) in [5, 5.41) is 0. The van der Waals surface area contributed by atoms with Crippen LogP contribution in [-0.2, 0) is 4.79 Å². The molecule has 0 aliphatic heterocycles. The van der Waals surface area contributed by atoms with Crippen LogP contribution in [0, 0.1) is 23.7 Å². The van der Waals surface area contributed by atoms with Crippen molar-refractivity contribution in [2.24, 2.45) is 23.7 Å². The monoisotopic (exact) mass is 208 g/mol. The maximum atomic E-state index is 11.6. The zero-order valence-electron chi connectivity index (χ0n) is 10.2. The van der Waals surface area contributed by atoms with Gasteiger partial charge in [-0.2, -0.15) is 0 Å². The number of carbonyl (C=O) groups excluding carboxylic acids is 1. The van der Waals surface area contributed by atoms with Gasteiger partial charge in [0.1, 0.15) is 5.78 Å². The van der Waals surface area contributed by atoms with Gasteiger partial charge in [-0.15, -0.1) is 0 Å². The first-order chi connectivity index (χ1) is 7.24. The van der Waals surface area contributed by atoms with E-state index in [0.29, 0.717) is 11.7 Å². The summed E-state index contributed by atoms with van der Waals surface area (Å²) in [4.78, 5) is 11.6. The van der Waals surface area contributed by atoms with Crippen LogP contribution in [0.4, 0.5) is 0 Å². The molecule has 0 heterocycles. The van der Waals surface area contributed by atoms with Crippen molar-refractivity contribution < 1.29 is 4.79 Å². The van der Waals surface area contributed by atoms with Crippen LogP contribution in [0.5, 0.6) is 0 Å². The largest absolute Gasteiger partial charge is 0.300 e. The first kappa shape index (κ1) is 11.2. The molecule has 2 unspecified atom stereocenters. The summed E-state index contributed by atoms with van der Waals surface area (Å²) >= 11 is 0. The Kier molecular flexibility index (Phi) is 3.48. The fraction of sp³-hybridized carbons (Fsp3) is 0.929. The SMILES string of the molecule is CC[C@@H]1CCCC2C1CCC[C@H]2C(C)=O. The molecule has 0 aromatic rings. The van der Waals surface area contributed by atoms with E-state index in [1.165, 1.54) is 44.9 Å². The predicted molar refractivity (Wildman–Crippen MR) is 62.6 cm³/mol. The maximum Gasteiger partial charge on any atom is 0.133 e. The van der Waals surface area contributed by atoms with Crippen LogP contribution >= 0.6 is 0 Å². The van der Waals surface area contributed by atoms with Gasteiger partial charge in [0.05, 0.1) is 0 Å². The van der Waals surface area contributed by atoms with Crippen LogP contribution in [-0.4, -0.2) is 5.78 Å². The van der Waals surface area contributed by atoms with Crippen molar-refractivity contribution >= 4 is 5.78 Å². The highest BCUT2D eigenvalue weighted by molar-refractivity contribution is 5.78. The molecule has 0 saturated heterocycles. The van der Waals surface area contributed by atoms with Gasteiger partial charge in [-0.05, 0) is 43.9 Å². The van der Waals surface area contributed by atoms with E-state index >= 15 is 0 Å². The Bertz CT molecular complexity index is 233. The lowest BCUT2D eigenvalue weighted by Crippen LogP contribution is -2.38. The van der Waals surface area contributed by atoms with E-state index < -0.39 is 0 Å². The summed E-state index contributed by atoms with van der Waals surface area (Å²) in [6.07, 6.45) is 9.30. The van der Waals surface area contributed by atoms with Crippen molar-refractivity contribution in [3.63, 3.8) is 0 Å². The van der Waals surface area contributed by atoms with Crippen LogP contribution in [0.3, 0.4) is 0 Å². The molecular weight excluding hydrogens is 184 g/mol. The lowest BCUT2D eigenvalue weighted by atomic mass is 9.60. The molecule has 0 spiro atoms. The molecule has 0 aromatic carbocycles. The van der Waals surface area contributed by atoms with E-state index in [-0.39, 0.29) is 0 Å². The number of Topliss-reactive ketones (excluding diaryl/α,β-unsaturated/α-hetero) is 1. The minimum Gasteiger partial charge on any atom is -0.300 e. The minimum atomic E-state index is 0.415. The van der Waals surface area contributed by atoms with E-state index in [9.17, 15) is 4.79 Å². The van der Waals surface area contributed by atoms with Gasteiger partial charge >= 0.3 is 0 Å². The van der Waals surface area contributed by atoms with E-state index in [0.717, 1.165) is 17.8 Å². The van der Waals surface area contributed by atoms with Crippen LogP contribution in [0.25, 0.3) is 0 Å². The van der Waals surface area contributed by atoms with Crippen LogP contribution < -0.4 is 0 Å². The first-order valence-corrected chi connectivity index (χ1v) is 6.74. The van der Waals surface area contributed by atoms with E-state index in [2.05, 4.69) is 6.92 Å². The second-order valence-electron chi connectivity index (χ2n) is 5.57. The highest BCUT2D eigenvalue weighted by atomic mass is 16.1. The molecule has 0 bridgehead atoms. The number of carbonyl (C=O) groups is 1. The Balaban J connectivity index is 2.11. The van der Waals surface area contributed by atoms with Crippen LogP contribution in [0.1, 0.15) is 58.8 Å². The molecular formula is C14H24O.